The first kappa shape index (κ1) is 20.9. The number of hydrogen-bond donors (Lipinski definition) is 3. The van der Waals surface area contributed by atoms with Gasteiger partial charge in [0.1, 0.15) is 11.0 Å². The van der Waals surface area contributed by atoms with Gasteiger partial charge in [0, 0.05) is 4.88 Å². The standard InChI is InChI=1S/C21H25N3O4S/c1-5-13-9-14(21(27)28-6-2)20(29-13)24-18(25)10-17-19(26)23-16-8-12(4)11(3)7-15(16)22-17/h7-9,17,22H,5-6,10H2,1-4H3,(H,23,26)(H,24,25)/t17-/m1/s1. The number of amides is 2. The van der Waals surface area contributed by atoms with E-state index in [0.717, 1.165) is 28.1 Å². The predicted octanol–water partition coefficient (Wildman–Crippen LogP) is 3.87. The Labute approximate surface area is 173 Å². The number of ether oxygens (including phenoxy) is 1. The number of esters is 1. The van der Waals surface area contributed by atoms with Crippen LogP contribution in [0, 0.1) is 13.8 Å². The van der Waals surface area contributed by atoms with Crippen LogP contribution in [0.3, 0.4) is 0 Å². The molecular formula is C21H25N3O4S. The Bertz CT molecular complexity index is 967. The summed E-state index contributed by atoms with van der Waals surface area (Å²) >= 11 is 1.34. The number of carbonyl (C=O) groups excluding carboxylic acids is 3. The molecule has 29 heavy (non-hydrogen) atoms. The van der Waals surface area contributed by atoms with Crippen LogP contribution in [-0.4, -0.2) is 30.4 Å². The molecule has 1 aliphatic heterocycles. The number of hydrogen-bond acceptors (Lipinski definition) is 6. The molecule has 3 N–H and O–H groups in total. The van der Waals surface area contributed by atoms with Gasteiger partial charge in [-0.15, -0.1) is 11.3 Å². The lowest BCUT2D eigenvalue weighted by atomic mass is 10.0. The van der Waals surface area contributed by atoms with Crippen molar-refractivity contribution in [2.75, 3.05) is 22.6 Å². The number of benzene rings is 1. The fourth-order valence-corrected chi connectivity index (χ4v) is 4.09. The Morgan fingerprint density at radius 1 is 1.14 bits per heavy atom. The average Bonchev–Trinajstić information content (AvgIpc) is 3.07. The van der Waals surface area contributed by atoms with E-state index >= 15 is 0 Å². The Morgan fingerprint density at radius 3 is 2.48 bits per heavy atom. The largest absolute Gasteiger partial charge is 0.462 e. The lowest BCUT2D eigenvalue weighted by molar-refractivity contribution is -0.122. The zero-order valence-corrected chi connectivity index (χ0v) is 17.8. The van der Waals surface area contributed by atoms with Crippen molar-refractivity contribution < 1.29 is 19.1 Å². The maximum atomic E-state index is 12.6. The van der Waals surface area contributed by atoms with E-state index in [1.54, 1.807) is 13.0 Å². The summed E-state index contributed by atoms with van der Waals surface area (Å²) in [6.07, 6.45) is 0.689. The van der Waals surface area contributed by atoms with E-state index in [4.69, 9.17) is 4.74 Å². The van der Waals surface area contributed by atoms with E-state index in [2.05, 4.69) is 16.0 Å². The van der Waals surface area contributed by atoms with Gasteiger partial charge in [-0.2, -0.15) is 0 Å². The topological polar surface area (TPSA) is 96.5 Å². The number of nitrogens with one attached hydrogen (secondary N) is 3. The highest BCUT2D eigenvalue weighted by Crippen LogP contribution is 2.32. The number of anilines is 3. The Balaban J connectivity index is 1.72. The van der Waals surface area contributed by atoms with Crippen LogP contribution < -0.4 is 16.0 Å². The Hall–Kier alpha value is -2.87. The second kappa shape index (κ2) is 8.65. The van der Waals surface area contributed by atoms with Crippen molar-refractivity contribution in [3.05, 3.63) is 39.8 Å². The summed E-state index contributed by atoms with van der Waals surface area (Å²) in [6.45, 7) is 7.94. The highest BCUT2D eigenvalue weighted by atomic mass is 32.1. The summed E-state index contributed by atoms with van der Waals surface area (Å²) in [4.78, 5) is 38.2. The molecule has 2 aromatic rings. The van der Waals surface area contributed by atoms with E-state index in [1.807, 2.05) is 32.9 Å². The minimum Gasteiger partial charge on any atom is -0.462 e. The highest BCUT2D eigenvalue weighted by molar-refractivity contribution is 7.16. The van der Waals surface area contributed by atoms with Gasteiger partial charge in [0.15, 0.2) is 0 Å². The van der Waals surface area contributed by atoms with Gasteiger partial charge in [0.05, 0.1) is 30.0 Å². The fraction of sp³-hybridized carbons (Fsp3) is 0.381. The number of aryl methyl sites for hydroxylation is 3. The molecule has 0 fully saturated rings. The van der Waals surface area contributed by atoms with E-state index in [-0.39, 0.29) is 24.8 Å². The van der Waals surface area contributed by atoms with Gasteiger partial charge >= 0.3 is 5.97 Å². The second-order valence-corrected chi connectivity index (χ2v) is 8.09. The summed E-state index contributed by atoms with van der Waals surface area (Å²) in [5, 5.41) is 9.23. The van der Waals surface area contributed by atoms with Gasteiger partial charge in [-0.25, -0.2) is 4.79 Å². The number of rotatable bonds is 6. The molecule has 7 nitrogen and oxygen atoms in total. The van der Waals surface area contributed by atoms with Crippen molar-refractivity contribution in [2.45, 2.75) is 46.6 Å². The highest BCUT2D eigenvalue weighted by Gasteiger charge is 2.29. The van der Waals surface area contributed by atoms with Crippen molar-refractivity contribution >= 4 is 45.5 Å². The predicted molar refractivity (Wildman–Crippen MR) is 115 cm³/mol. The molecular weight excluding hydrogens is 390 g/mol. The van der Waals surface area contributed by atoms with Crippen LogP contribution in [0.1, 0.15) is 46.6 Å². The normalized spacial score (nSPS) is 15.2. The van der Waals surface area contributed by atoms with Gasteiger partial charge < -0.3 is 20.7 Å². The van der Waals surface area contributed by atoms with Gasteiger partial charge in [-0.1, -0.05) is 6.92 Å². The van der Waals surface area contributed by atoms with Gasteiger partial charge in [0.2, 0.25) is 11.8 Å². The Morgan fingerprint density at radius 2 is 1.83 bits per heavy atom. The van der Waals surface area contributed by atoms with Gasteiger partial charge in [-0.3, -0.25) is 9.59 Å². The molecule has 0 spiro atoms. The van der Waals surface area contributed by atoms with Crippen LogP contribution in [0.5, 0.6) is 0 Å². The van der Waals surface area contributed by atoms with Crippen molar-refractivity contribution in [2.24, 2.45) is 0 Å². The van der Waals surface area contributed by atoms with Crippen LogP contribution >= 0.6 is 11.3 Å². The zero-order valence-electron chi connectivity index (χ0n) is 17.0. The molecule has 0 bridgehead atoms. The van der Waals surface area contributed by atoms with Crippen LogP contribution in [0.2, 0.25) is 0 Å². The molecule has 1 atom stereocenters. The lowest BCUT2D eigenvalue weighted by Gasteiger charge is -2.27. The molecule has 8 heteroatoms. The molecule has 1 aliphatic rings. The molecule has 2 amide bonds. The zero-order chi connectivity index (χ0) is 21.1. The third-order valence-electron chi connectivity index (χ3n) is 4.81. The molecule has 3 rings (SSSR count). The Kier molecular flexibility index (Phi) is 6.22. The van der Waals surface area contributed by atoms with Crippen molar-refractivity contribution in [3.8, 4) is 0 Å². The van der Waals surface area contributed by atoms with Gasteiger partial charge in [-0.05, 0) is 56.5 Å². The molecule has 0 unspecified atom stereocenters. The molecule has 0 radical (unpaired) electrons. The van der Waals surface area contributed by atoms with E-state index in [1.165, 1.54) is 11.3 Å². The third-order valence-corrected chi connectivity index (χ3v) is 6.00. The van der Waals surface area contributed by atoms with Crippen molar-refractivity contribution in [3.63, 3.8) is 0 Å². The summed E-state index contributed by atoms with van der Waals surface area (Å²) < 4.78 is 5.07. The first-order valence-electron chi connectivity index (χ1n) is 9.60. The minimum absolute atomic E-state index is 0.0557. The summed E-state index contributed by atoms with van der Waals surface area (Å²) in [7, 11) is 0. The van der Waals surface area contributed by atoms with E-state index in [9.17, 15) is 14.4 Å². The molecule has 1 aromatic heterocycles. The van der Waals surface area contributed by atoms with Crippen LogP contribution in [-0.2, 0) is 20.7 Å². The van der Waals surface area contributed by atoms with Gasteiger partial charge in [0.25, 0.3) is 0 Å². The fourth-order valence-electron chi connectivity index (χ4n) is 3.09. The van der Waals surface area contributed by atoms with Crippen molar-refractivity contribution in [1.29, 1.82) is 0 Å². The number of carbonyl (C=O) groups is 3. The van der Waals surface area contributed by atoms with E-state index < -0.39 is 12.0 Å². The number of fused-ring (bicyclic) bond motifs is 1. The quantitative estimate of drug-likeness (QED) is 0.623. The second-order valence-electron chi connectivity index (χ2n) is 6.95. The molecule has 154 valence electrons. The van der Waals surface area contributed by atoms with Crippen LogP contribution in [0.25, 0.3) is 0 Å². The summed E-state index contributed by atoms with van der Waals surface area (Å²) in [5.74, 6) is -1.08. The van der Waals surface area contributed by atoms with E-state index in [0.29, 0.717) is 16.3 Å². The minimum atomic E-state index is -0.693. The smallest absolute Gasteiger partial charge is 0.341 e. The average molecular weight is 416 g/mol. The molecule has 0 aliphatic carbocycles. The molecule has 2 heterocycles. The summed E-state index contributed by atoms with van der Waals surface area (Å²) in [6, 6.07) is 4.92. The first-order chi connectivity index (χ1) is 13.8. The third kappa shape index (κ3) is 4.59. The molecule has 0 saturated carbocycles. The lowest BCUT2D eigenvalue weighted by Crippen LogP contribution is -2.41. The molecule has 1 aromatic carbocycles. The SMILES string of the molecule is CCOC(=O)c1cc(CC)sc1NC(=O)C[C@H]1Nc2cc(C)c(C)cc2NC1=O. The number of thiophene rings is 1. The first-order valence-corrected chi connectivity index (χ1v) is 10.4. The van der Waals surface area contributed by atoms with Crippen molar-refractivity contribution in [1.82, 2.24) is 0 Å². The maximum absolute atomic E-state index is 12.6. The maximum Gasteiger partial charge on any atom is 0.341 e. The van der Waals surface area contributed by atoms with Crippen LogP contribution in [0.4, 0.5) is 16.4 Å². The summed E-state index contributed by atoms with van der Waals surface area (Å²) in [5.41, 5.74) is 4.03. The van der Waals surface area contributed by atoms with Crippen LogP contribution in [0.15, 0.2) is 18.2 Å². The molecule has 0 saturated heterocycles. The monoisotopic (exact) mass is 415 g/mol.